The summed E-state index contributed by atoms with van der Waals surface area (Å²) in [6.45, 7) is 4.07. The number of hydrogen-bond donors (Lipinski definition) is 2. The van der Waals surface area contributed by atoms with Crippen molar-refractivity contribution in [3.05, 3.63) is 83.8 Å². The molecule has 0 aliphatic rings. The number of aromatic nitrogens is 2. The number of pyridine rings is 1. The monoisotopic (exact) mass is 413 g/mol. The molecule has 4 aromatic rings. The second-order valence-electron chi connectivity index (χ2n) is 7.07. The molecule has 2 heterocycles. The number of anilines is 1. The van der Waals surface area contributed by atoms with Crippen molar-refractivity contribution in [3.8, 4) is 11.4 Å². The molecule has 0 radical (unpaired) electrons. The molecule has 0 spiro atoms. The summed E-state index contributed by atoms with van der Waals surface area (Å²) in [7, 11) is 1.55. The average Bonchev–Trinajstić information content (AvgIpc) is 3.06. The number of aryl methyl sites for hydroxylation is 1. The van der Waals surface area contributed by atoms with E-state index in [0.717, 1.165) is 33.5 Å². The highest BCUT2D eigenvalue weighted by Gasteiger charge is 2.11. The highest BCUT2D eigenvalue weighted by atomic mass is 16.5. The van der Waals surface area contributed by atoms with Crippen LogP contribution in [-0.4, -0.2) is 28.9 Å². The fourth-order valence-electron chi connectivity index (χ4n) is 3.58. The van der Waals surface area contributed by atoms with Crippen molar-refractivity contribution in [2.75, 3.05) is 12.4 Å². The third-order valence-corrected chi connectivity index (χ3v) is 5.04. The van der Waals surface area contributed by atoms with E-state index in [2.05, 4.69) is 37.5 Å². The Morgan fingerprint density at radius 2 is 1.94 bits per heavy atom. The van der Waals surface area contributed by atoms with Crippen LogP contribution in [0, 0.1) is 13.8 Å². The van der Waals surface area contributed by atoms with E-state index in [0.29, 0.717) is 11.4 Å². The minimum Gasteiger partial charge on any atom is -0.495 e. The van der Waals surface area contributed by atoms with E-state index in [1.807, 2.05) is 50.2 Å². The number of amides is 2. The number of urea groups is 1. The lowest BCUT2D eigenvalue weighted by Gasteiger charge is -2.10. The number of nitrogens with one attached hydrogen (secondary N) is 2. The maximum absolute atomic E-state index is 12.2. The first-order valence-corrected chi connectivity index (χ1v) is 9.84. The van der Waals surface area contributed by atoms with Crippen molar-refractivity contribution in [2.45, 2.75) is 13.8 Å². The fourth-order valence-corrected chi connectivity index (χ4v) is 3.58. The Balaban J connectivity index is 1.50. The highest BCUT2D eigenvalue weighted by molar-refractivity contribution is 5.92. The average molecular weight is 413 g/mol. The van der Waals surface area contributed by atoms with E-state index < -0.39 is 6.03 Å². The summed E-state index contributed by atoms with van der Waals surface area (Å²) in [4.78, 5) is 16.6. The molecule has 7 heteroatoms. The van der Waals surface area contributed by atoms with Gasteiger partial charge in [0.05, 0.1) is 24.5 Å². The van der Waals surface area contributed by atoms with Crippen molar-refractivity contribution in [2.24, 2.45) is 5.10 Å². The van der Waals surface area contributed by atoms with Crippen LogP contribution in [-0.2, 0) is 0 Å². The number of ether oxygens (including phenoxy) is 1. The first-order chi connectivity index (χ1) is 15.1. The van der Waals surface area contributed by atoms with E-state index in [9.17, 15) is 4.79 Å². The van der Waals surface area contributed by atoms with Gasteiger partial charge in [-0.05, 0) is 56.3 Å². The molecule has 0 fully saturated rings. The van der Waals surface area contributed by atoms with Crippen molar-refractivity contribution < 1.29 is 9.53 Å². The Bertz CT molecular complexity index is 1280. The second kappa shape index (κ2) is 8.71. The van der Waals surface area contributed by atoms with Gasteiger partial charge in [0.25, 0.3) is 0 Å². The number of carbonyl (C=O) groups excluding carboxylic acids is 1. The molecule has 0 saturated carbocycles. The molecule has 2 N–H and O–H groups in total. The third kappa shape index (κ3) is 4.25. The molecule has 2 aromatic heterocycles. The first kappa shape index (κ1) is 20.2. The lowest BCUT2D eigenvalue weighted by Crippen LogP contribution is -2.24. The summed E-state index contributed by atoms with van der Waals surface area (Å²) in [6, 6.07) is 18.9. The van der Waals surface area contributed by atoms with Gasteiger partial charge in [-0.15, -0.1) is 0 Å². The van der Waals surface area contributed by atoms with E-state index in [1.165, 1.54) is 0 Å². The molecule has 0 atom stereocenters. The van der Waals surface area contributed by atoms with Gasteiger partial charge in [-0.3, -0.25) is 4.98 Å². The minimum atomic E-state index is -0.448. The Kier molecular flexibility index (Phi) is 5.66. The van der Waals surface area contributed by atoms with Gasteiger partial charge in [-0.2, -0.15) is 5.10 Å². The van der Waals surface area contributed by atoms with Gasteiger partial charge in [0.2, 0.25) is 0 Å². The van der Waals surface area contributed by atoms with Crippen LogP contribution in [0.5, 0.6) is 5.75 Å². The molecule has 0 aliphatic carbocycles. The van der Waals surface area contributed by atoms with E-state index in [4.69, 9.17) is 4.74 Å². The van der Waals surface area contributed by atoms with E-state index in [-0.39, 0.29) is 0 Å². The van der Waals surface area contributed by atoms with E-state index in [1.54, 1.807) is 31.7 Å². The van der Waals surface area contributed by atoms with Crippen molar-refractivity contribution in [1.29, 1.82) is 0 Å². The number of nitrogens with zero attached hydrogens (tertiary/aromatic N) is 3. The van der Waals surface area contributed by atoms with Crippen LogP contribution < -0.4 is 15.5 Å². The third-order valence-electron chi connectivity index (χ3n) is 5.04. The van der Waals surface area contributed by atoms with Gasteiger partial charge < -0.3 is 14.6 Å². The molecule has 7 nitrogen and oxygen atoms in total. The molecular formula is C24H23N5O2. The number of rotatable bonds is 5. The predicted octanol–water partition coefficient (Wildman–Crippen LogP) is 4.81. The molecule has 0 aliphatic heterocycles. The van der Waals surface area contributed by atoms with Crippen LogP contribution in [0.25, 0.3) is 16.6 Å². The Morgan fingerprint density at radius 1 is 1.10 bits per heavy atom. The zero-order chi connectivity index (χ0) is 21.8. The number of methoxy groups -OCH3 is 1. The summed E-state index contributed by atoms with van der Waals surface area (Å²) in [5, 5.41) is 7.90. The van der Waals surface area contributed by atoms with Gasteiger partial charge in [0.15, 0.2) is 0 Å². The maximum atomic E-state index is 12.2. The smallest absolute Gasteiger partial charge is 0.339 e. The molecule has 2 aromatic carbocycles. The van der Waals surface area contributed by atoms with Crippen LogP contribution in [0.4, 0.5) is 10.5 Å². The Hall–Kier alpha value is -4.13. The number of benzene rings is 2. The zero-order valence-corrected chi connectivity index (χ0v) is 17.6. The van der Waals surface area contributed by atoms with Crippen LogP contribution in [0.15, 0.2) is 72.0 Å². The lowest BCUT2D eigenvalue weighted by molar-refractivity contribution is 0.252. The zero-order valence-electron chi connectivity index (χ0n) is 17.6. The van der Waals surface area contributed by atoms with Crippen molar-refractivity contribution in [3.63, 3.8) is 0 Å². The summed E-state index contributed by atoms with van der Waals surface area (Å²) in [5.74, 6) is 0.579. The number of para-hydroxylation sites is 2. The molecule has 156 valence electrons. The highest BCUT2D eigenvalue weighted by Crippen LogP contribution is 2.24. The minimum absolute atomic E-state index is 0.448. The van der Waals surface area contributed by atoms with Gasteiger partial charge in [0.1, 0.15) is 5.75 Å². The molecule has 4 rings (SSSR count). The van der Waals surface area contributed by atoms with Gasteiger partial charge in [0, 0.05) is 34.2 Å². The summed E-state index contributed by atoms with van der Waals surface area (Å²) >= 11 is 0. The predicted molar refractivity (Wildman–Crippen MR) is 123 cm³/mol. The summed E-state index contributed by atoms with van der Waals surface area (Å²) in [6.07, 6.45) is 3.43. The SMILES string of the molecule is COc1ccccc1NC(=O)N/N=C/c1cc(C)n(-c2ccc3ncccc3c2)c1C. The molecule has 0 saturated heterocycles. The van der Waals surface area contributed by atoms with Crippen LogP contribution >= 0.6 is 0 Å². The molecule has 2 amide bonds. The topological polar surface area (TPSA) is 80.5 Å². The summed E-state index contributed by atoms with van der Waals surface area (Å²) < 4.78 is 7.39. The fraction of sp³-hybridized carbons (Fsp3) is 0.125. The largest absolute Gasteiger partial charge is 0.495 e. The standard InChI is InChI=1S/C24H23N5O2/c1-16-13-19(15-26-28-24(30)27-22-8-4-5-9-23(22)31-3)17(2)29(16)20-10-11-21-18(14-20)7-6-12-25-21/h4-15H,1-3H3,(H2,27,28,30)/b26-15+. The van der Waals surface area contributed by atoms with Crippen molar-refractivity contribution in [1.82, 2.24) is 15.0 Å². The van der Waals surface area contributed by atoms with E-state index >= 15 is 0 Å². The molecular weight excluding hydrogens is 390 g/mol. The number of hydrogen-bond acceptors (Lipinski definition) is 4. The molecule has 0 bridgehead atoms. The van der Waals surface area contributed by atoms with Crippen LogP contribution in [0.1, 0.15) is 17.0 Å². The van der Waals surface area contributed by atoms with Crippen molar-refractivity contribution >= 4 is 28.8 Å². The maximum Gasteiger partial charge on any atom is 0.339 e. The Labute approximate surface area is 180 Å². The lowest BCUT2D eigenvalue weighted by atomic mass is 10.2. The normalized spacial score (nSPS) is 11.1. The van der Waals surface area contributed by atoms with Gasteiger partial charge in [-0.1, -0.05) is 18.2 Å². The number of hydrazone groups is 1. The van der Waals surface area contributed by atoms with Gasteiger partial charge in [-0.25, -0.2) is 10.2 Å². The summed E-state index contributed by atoms with van der Waals surface area (Å²) in [5.41, 5.74) is 8.09. The first-order valence-electron chi connectivity index (χ1n) is 9.84. The van der Waals surface area contributed by atoms with Crippen LogP contribution in [0.2, 0.25) is 0 Å². The Morgan fingerprint density at radius 3 is 2.77 bits per heavy atom. The second-order valence-corrected chi connectivity index (χ2v) is 7.07. The number of carbonyl (C=O) groups is 1. The quantitative estimate of drug-likeness (QED) is 0.364. The van der Waals surface area contributed by atoms with Crippen LogP contribution in [0.3, 0.4) is 0 Å². The molecule has 0 unspecified atom stereocenters. The number of fused-ring (bicyclic) bond motifs is 1. The van der Waals surface area contributed by atoms with Gasteiger partial charge >= 0.3 is 6.03 Å². The molecule has 31 heavy (non-hydrogen) atoms.